The van der Waals surface area contributed by atoms with Gasteiger partial charge in [0.05, 0.1) is 35.6 Å². The predicted molar refractivity (Wildman–Crippen MR) is 166 cm³/mol. The maximum Gasteiger partial charge on any atom is 0.329 e. The molecule has 0 spiro atoms. The van der Waals surface area contributed by atoms with Crippen molar-refractivity contribution in [2.24, 2.45) is 11.7 Å². The number of benzene rings is 1. The smallest absolute Gasteiger partial charge is 0.329 e. The summed E-state index contributed by atoms with van der Waals surface area (Å²) in [5.41, 5.74) is 7.28. The third-order valence-corrected chi connectivity index (χ3v) is 8.91. The molecule has 2 amide bonds. The first-order chi connectivity index (χ1) is 21.5. The Morgan fingerprint density at radius 3 is 2.67 bits per heavy atom. The molecule has 0 saturated carbocycles. The molecule has 0 unspecified atom stereocenters. The van der Waals surface area contributed by atoms with Crippen LogP contribution in [-0.4, -0.2) is 63.9 Å². The summed E-state index contributed by atoms with van der Waals surface area (Å²) in [7, 11) is 0. The Morgan fingerprint density at radius 1 is 1.22 bits per heavy atom. The SMILES string of the molecule is CC[C@](C)(OC(=O)[C@@H](NC(=O)[C@@H]1CCCN1C(=O)CN)C(C)C)c1cc2n(c(=O)c1COC=O)Cc1cc3ccccc3nc1-2. The number of aromatic nitrogens is 2. The van der Waals surface area contributed by atoms with E-state index in [0.717, 1.165) is 16.5 Å². The molecule has 238 valence electrons. The van der Waals surface area contributed by atoms with E-state index >= 15 is 0 Å². The molecular weight excluding hydrogens is 578 g/mol. The second-order valence-electron chi connectivity index (χ2n) is 12.1. The van der Waals surface area contributed by atoms with Crippen LogP contribution < -0.4 is 16.6 Å². The van der Waals surface area contributed by atoms with Gasteiger partial charge < -0.3 is 30.0 Å². The van der Waals surface area contributed by atoms with E-state index in [0.29, 0.717) is 42.9 Å². The van der Waals surface area contributed by atoms with Crippen molar-refractivity contribution in [1.82, 2.24) is 19.8 Å². The van der Waals surface area contributed by atoms with Gasteiger partial charge in [-0.1, -0.05) is 39.0 Å². The molecule has 1 fully saturated rings. The molecule has 45 heavy (non-hydrogen) atoms. The molecule has 12 nitrogen and oxygen atoms in total. The summed E-state index contributed by atoms with van der Waals surface area (Å²) in [6, 6.07) is 9.72. The molecule has 1 saturated heterocycles. The Labute approximate surface area is 260 Å². The molecular formula is C33H39N5O7. The largest absolute Gasteiger partial charge is 0.463 e. The lowest BCUT2D eigenvalue weighted by molar-refractivity contribution is -0.165. The molecule has 0 radical (unpaired) electrons. The number of esters is 1. The molecule has 3 N–H and O–H groups in total. The fourth-order valence-corrected chi connectivity index (χ4v) is 6.25. The van der Waals surface area contributed by atoms with Gasteiger partial charge in [-0.05, 0) is 50.3 Å². The topological polar surface area (TPSA) is 163 Å². The number of hydrogen-bond acceptors (Lipinski definition) is 9. The lowest BCUT2D eigenvalue weighted by Crippen LogP contribution is -2.54. The maximum absolute atomic E-state index is 13.9. The van der Waals surface area contributed by atoms with E-state index in [1.807, 2.05) is 37.3 Å². The number of fused-ring (bicyclic) bond motifs is 4. The van der Waals surface area contributed by atoms with E-state index in [2.05, 4.69) is 5.32 Å². The summed E-state index contributed by atoms with van der Waals surface area (Å²) in [5.74, 6) is -1.82. The number of pyridine rings is 2. The van der Waals surface area contributed by atoms with Crippen LogP contribution in [-0.2, 0) is 47.4 Å². The number of hydrogen-bond donors (Lipinski definition) is 2. The number of nitrogens with one attached hydrogen (secondary N) is 1. The molecule has 2 aliphatic heterocycles. The second kappa shape index (κ2) is 12.8. The van der Waals surface area contributed by atoms with Gasteiger partial charge in [-0.2, -0.15) is 0 Å². The highest BCUT2D eigenvalue weighted by atomic mass is 16.6. The quantitative estimate of drug-likeness (QED) is 0.190. The third-order valence-electron chi connectivity index (χ3n) is 8.91. The van der Waals surface area contributed by atoms with Crippen molar-refractivity contribution < 1.29 is 28.7 Å². The molecule has 5 rings (SSSR count). The van der Waals surface area contributed by atoms with Gasteiger partial charge in [0.1, 0.15) is 24.3 Å². The number of nitrogens with two attached hydrogens (primary N) is 1. The minimum atomic E-state index is -1.33. The van der Waals surface area contributed by atoms with E-state index in [9.17, 15) is 24.0 Å². The van der Waals surface area contributed by atoms with Gasteiger partial charge in [0.2, 0.25) is 11.8 Å². The van der Waals surface area contributed by atoms with E-state index in [4.69, 9.17) is 20.2 Å². The molecule has 3 aromatic rings. The van der Waals surface area contributed by atoms with Gasteiger partial charge in [0.25, 0.3) is 12.0 Å². The Hall–Kier alpha value is -4.58. The van der Waals surface area contributed by atoms with Crippen molar-refractivity contribution in [2.45, 2.75) is 77.8 Å². The van der Waals surface area contributed by atoms with Crippen molar-refractivity contribution in [2.75, 3.05) is 13.1 Å². The van der Waals surface area contributed by atoms with Crippen LogP contribution in [0.15, 0.2) is 41.2 Å². The number of carbonyl (C=O) groups is 4. The Bertz CT molecular complexity index is 1720. The van der Waals surface area contributed by atoms with Crippen molar-refractivity contribution in [3.05, 3.63) is 63.4 Å². The molecule has 0 bridgehead atoms. The second-order valence-corrected chi connectivity index (χ2v) is 12.1. The number of likely N-dealkylation sites (tertiary alicyclic amines) is 1. The summed E-state index contributed by atoms with van der Waals surface area (Å²) in [6.45, 7) is 7.55. The third kappa shape index (κ3) is 5.94. The lowest BCUT2D eigenvalue weighted by atomic mass is 9.88. The molecule has 1 aromatic carbocycles. The van der Waals surface area contributed by atoms with Gasteiger partial charge in [0.15, 0.2) is 0 Å². The van der Waals surface area contributed by atoms with Gasteiger partial charge in [-0.15, -0.1) is 0 Å². The first-order valence-corrected chi connectivity index (χ1v) is 15.3. The van der Waals surface area contributed by atoms with E-state index in [1.54, 1.807) is 31.4 Å². The molecule has 0 aliphatic carbocycles. The van der Waals surface area contributed by atoms with Crippen molar-refractivity contribution in [3.8, 4) is 11.4 Å². The summed E-state index contributed by atoms with van der Waals surface area (Å²) in [4.78, 5) is 70.9. The van der Waals surface area contributed by atoms with Crippen LogP contribution in [0.3, 0.4) is 0 Å². The zero-order valence-electron chi connectivity index (χ0n) is 26.0. The van der Waals surface area contributed by atoms with Gasteiger partial charge in [0, 0.05) is 23.1 Å². The standard InChI is InChI=1S/C33H39N5O7/c1-5-33(4,45-32(43)28(19(2)3)36-30(41)25-11-8-12-37(25)27(40)15-34)23-14-26-29-21(13-20-9-6-7-10-24(20)35-29)16-38(26)31(42)22(23)17-44-18-39/h6-7,9-10,13-14,18-19,25,28H,5,8,11-12,15-17,34H2,1-4H3,(H,36,41)/t25-,28-,33-/m0/s1. The maximum atomic E-state index is 13.9. The summed E-state index contributed by atoms with van der Waals surface area (Å²) in [5, 5.41) is 3.75. The van der Waals surface area contributed by atoms with Crippen molar-refractivity contribution in [3.63, 3.8) is 0 Å². The summed E-state index contributed by atoms with van der Waals surface area (Å²) < 4.78 is 12.8. The number of para-hydroxylation sites is 1. The molecule has 2 aromatic heterocycles. The summed E-state index contributed by atoms with van der Waals surface area (Å²) in [6.07, 6.45) is 1.39. The van der Waals surface area contributed by atoms with Crippen LogP contribution >= 0.6 is 0 Å². The average molecular weight is 618 g/mol. The Morgan fingerprint density at radius 2 is 1.98 bits per heavy atom. The van der Waals surface area contributed by atoms with E-state index in [1.165, 1.54) is 4.90 Å². The number of rotatable bonds is 11. The van der Waals surface area contributed by atoms with Crippen LogP contribution in [0, 0.1) is 5.92 Å². The highest BCUT2D eigenvalue weighted by Gasteiger charge is 2.40. The number of carbonyl (C=O) groups excluding carboxylic acids is 4. The molecule has 3 atom stereocenters. The van der Waals surface area contributed by atoms with Crippen LogP contribution in [0.2, 0.25) is 0 Å². The Kier molecular flexibility index (Phi) is 9.06. The molecule has 2 aliphatic rings. The fourth-order valence-electron chi connectivity index (χ4n) is 6.25. The van der Waals surface area contributed by atoms with E-state index < -0.39 is 29.6 Å². The van der Waals surface area contributed by atoms with Crippen LogP contribution in [0.25, 0.3) is 22.3 Å². The van der Waals surface area contributed by atoms with E-state index in [-0.39, 0.29) is 49.0 Å². The number of nitrogens with zero attached hydrogens (tertiary/aromatic N) is 3. The monoisotopic (exact) mass is 617 g/mol. The first kappa shape index (κ1) is 31.8. The highest BCUT2D eigenvalue weighted by Crippen LogP contribution is 2.38. The number of amides is 2. The van der Waals surface area contributed by atoms with Crippen LogP contribution in [0.5, 0.6) is 0 Å². The van der Waals surface area contributed by atoms with Crippen molar-refractivity contribution >= 4 is 35.2 Å². The first-order valence-electron chi connectivity index (χ1n) is 15.3. The Balaban J connectivity index is 1.50. The molecule has 12 heteroatoms. The fraction of sp³-hybridized carbons (Fsp3) is 0.455. The zero-order chi connectivity index (χ0) is 32.5. The van der Waals surface area contributed by atoms with Gasteiger partial charge in [-0.25, -0.2) is 9.78 Å². The molecule has 4 heterocycles. The summed E-state index contributed by atoms with van der Waals surface area (Å²) >= 11 is 0. The zero-order valence-corrected chi connectivity index (χ0v) is 26.0. The van der Waals surface area contributed by atoms with Gasteiger partial charge in [-0.3, -0.25) is 19.2 Å². The predicted octanol–water partition coefficient (Wildman–Crippen LogP) is 2.36. The minimum absolute atomic E-state index is 0.187. The van der Waals surface area contributed by atoms with Gasteiger partial charge >= 0.3 is 5.97 Å². The number of ether oxygens (including phenoxy) is 2. The lowest BCUT2D eigenvalue weighted by Gasteiger charge is -2.34. The van der Waals surface area contributed by atoms with Crippen LogP contribution in [0.4, 0.5) is 0 Å². The normalized spacial score (nSPS) is 17.4. The average Bonchev–Trinajstić information content (AvgIpc) is 3.66. The minimum Gasteiger partial charge on any atom is -0.463 e. The highest BCUT2D eigenvalue weighted by molar-refractivity contribution is 5.92. The van der Waals surface area contributed by atoms with Crippen LogP contribution in [0.1, 0.15) is 63.6 Å². The van der Waals surface area contributed by atoms with Crippen molar-refractivity contribution in [1.29, 1.82) is 0 Å².